The maximum atomic E-state index is 14.1. The number of oxime groups is 1. The maximum Gasteiger partial charge on any atom is 0.416 e. The molecule has 24 rings (SSSR count). The molecule has 0 aromatic heterocycles. The zero-order chi connectivity index (χ0) is 76.6. The number of halogens is 6. The van der Waals surface area contributed by atoms with E-state index in [0.29, 0.717) is 39.6 Å². The summed E-state index contributed by atoms with van der Waals surface area (Å²) in [6.07, 6.45) is -4.36. The minimum atomic E-state index is -4.36. The van der Waals surface area contributed by atoms with Crippen molar-refractivity contribution in [2.75, 3.05) is 36.5 Å². The van der Waals surface area contributed by atoms with Crippen LogP contribution in [0.1, 0.15) is 38.9 Å². The van der Waals surface area contributed by atoms with E-state index in [9.17, 15) is 26.3 Å². The molecule has 0 fully saturated rings. The normalized spacial score (nSPS) is 14.8. The van der Waals surface area contributed by atoms with E-state index < -0.39 is 23.4 Å². The predicted octanol–water partition coefficient (Wildman–Crippen LogP) is 22.3. The number of ether oxygens (including phenoxy) is 1. The molecule has 15 nitrogen and oxygen atoms in total. The number of anilines is 6. The number of rotatable bonds is 1. The number of benzene rings is 12. The van der Waals surface area contributed by atoms with Crippen molar-refractivity contribution >= 4 is 135 Å². The summed E-state index contributed by atoms with van der Waals surface area (Å²) >= 11 is 6.67. The standard InChI is InChI=1S/C15H7F3N2S.C15H7N3S.C15H10N2OS.C14H6F2N2S.C14H7FN2S.C14H8N2O.6Ir/c16-15(17,18)9-5-6-10-11-3-1-2-4-13(11)20-8-21-19-14(20)12(10)7-9;1-16-10-6-7-11-12-4-2-3-5-14(12)18-9-19-17-15(18)13(11)8-10;1-18-10-6-7-12-13(8-10)11-4-2-3-5-14(11)17-9-19-16-15(12)17;15-8-5-10-13(11(16)6-8)9-3-1-2-4-12(9)18-7-19-17-14(10)18;15-9-5-6-10-11-3-1-2-4-13(11)17-8-18-16-14(17)12(10)7-9;1-2-7-12-10(5-1)11-6-3-4-8-13(11)16-9-17-15-14(12)16;;;;;;/h1-3,5-8H;2-4,6-9H;2-4,6-9H,1H3;1-3,5-7H;1-3,5-8H;1-7,9H;;;;;;/q6*-2;;;;;;. The Labute approximate surface area is 783 Å². The van der Waals surface area contributed by atoms with Crippen LogP contribution < -0.4 is 34.1 Å². The number of nitrogens with zero attached hydrogens (tertiary/aromatic N) is 13. The molecule has 608 valence electrons. The number of hydrogen-bond acceptors (Lipinski definition) is 19. The molecule has 119 heavy (non-hydrogen) atoms. The monoisotopic (exact) mass is 2740 g/mol. The molecule has 12 aromatic rings. The maximum absolute atomic E-state index is 14.1. The molecule has 0 saturated heterocycles. The van der Waals surface area contributed by atoms with Gasteiger partial charge in [0.05, 0.1) is 19.2 Å². The molecule has 12 aliphatic heterocycles. The quantitative estimate of drug-likeness (QED) is 0.0883. The average molecular weight is 2730 g/mol. The van der Waals surface area contributed by atoms with Crippen molar-refractivity contribution < 1.29 is 157 Å². The minimum Gasteiger partial charge on any atom is -0.544 e. The van der Waals surface area contributed by atoms with E-state index in [-0.39, 0.29) is 126 Å². The number of hydrogen-bond donors (Lipinski definition) is 0. The van der Waals surface area contributed by atoms with Crippen LogP contribution in [0.25, 0.3) is 71.6 Å². The number of para-hydroxylation sites is 6. The van der Waals surface area contributed by atoms with Gasteiger partial charge in [0.15, 0.2) is 5.69 Å². The van der Waals surface area contributed by atoms with Gasteiger partial charge in [0.2, 0.25) is 0 Å². The number of methoxy groups -OCH3 is 1. The molecule has 0 unspecified atom stereocenters. The minimum absolute atomic E-state index is 0. The SMILES string of the molecule is COc1ccc2c(c1)-c1ccc[c-]c1N1[CH-]SN=C21.FC(F)(F)c1ccc2c(c1)C1=NS[CH-]N1c1[c-]cccc1-2.Fc1cc(F)c2c(c1)C1=NS[CH-]N1c1[c-]cccc1-2.Fc1ccc2c(c1)C1=NS[CH-]N1c1[c-]cccc1-2.[C-]#[N+]c1ccc2c(c1)C1=NS[CH-]N1c1[c-]cccc1-2.[Ir].[Ir].[Ir].[Ir].[Ir].[Ir].[c-]1cccc2c1N1[CH-]ON=C1c1ccccc1-2. The number of alkyl halides is 3. The summed E-state index contributed by atoms with van der Waals surface area (Å²) in [5, 5.41) is 4.06. The topological polar surface area (TPSA) is 116 Å². The Morgan fingerprint density at radius 1 is 0.361 bits per heavy atom. The third-order valence-corrected chi connectivity index (χ3v) is 22.3. The summed E-state index contributed by atoms with van der Waals surface area (Å²) < 4.78 is 107. The van der Waals surface area contributed by atoms with Crippen molar-refractivity contribution in [1.82, 2.24) is 0 Å². The van der Waals surface area contributed by atoms with Gasteiger partial charge < -0.3 is 39.0 Å². The molecule has 0 atom stereocenters. The average Bonchev–Trinajstić information content (AvgIpc) is 1.74. The molecule has 12 aliphatic rings. The van der Waals surface area contributed by atoms with Crippen LogP contribution in [0, 0.1) is 96.5 Å². The van der Waals surface area contributed by atoms with Gasteiger partial charge in [0.25, 0.3) is 0 Å². The molecule has 0 saturated carbocycles. The molecule has 0 amide bonds. The molecule has 12 heterocycles. The van der Waals surface area contributed by atoms with Crippen LogP contribution in [0.4, 0.5) is 66.2 Å². The van der Waals surface area contributed by atoms with E-state index in [0.717, 1.165) is 154 Å². The molecular formula is C87H45F6Ir6N13O2S5-12. The van der Waals surface area contributed by atoms with Crippen LogP contribution in [0.5, 0.6) is 5.75 Å². The van der Waals surface area contributed by atoms with Crippen molar-refractivity contribution in [3.8, 4) is 72.5 Å². The van der Waals surface area contributed by atoms with Crippen molar-refractivity contribution in [1.29, 1.82) is 0 Å². The smallest absolute Gasteiger partial charge is 0.416 e. The number of amidine groups is 6. The Morgan fingerprint density at radius 2 is 0.723 bits per heavy atom. The zero-order valence-electron chi connectivity index (χ0n) is 60.2. The van der Waals surface area contributed by atoms with Crippen LogP contribution in [0.15, 0.2) is 246 Å². The van der Waals surface area contributed by atoms with E-state index in [4.69, 9.17) is 16.1 Å². The molecule has 6 radical (unpaired) electrons. The van der Waals surface area contributed by atoms with E-state index in [1.54, 1.807) is 65.7 Å². The summed E-state index contributed by atoms with van der Waals surface area (Å²) in [6, 6.07) is 84.8. The first-order chi connectivity index (χ1) is 55.4. The van der Waals surface area contributed by atoms with Crippen LogP contribution in [0.3, 0.4) is 0 Å². The Morgan fingerprint density at radius 3 is 1.19 bits per heavy atom. The Bertz CT molecular complexity index is 6220. The van der Waals surface area contributed by atoms with Gasteiger partial charge in [-0.15, -0.1) is 38.5 Å². The predicted molar refractivity (Wildman–Crippen MR) is 441 cm³/mol. The first-order valence-electron chi connectivity index (χ1n) is 34.4. The Balaban J connectivity index is 0.000000122. The molecule has 0 N–H and O–H groups in total. The second-order valence-electron chi connectivity index (χ2n) is 25.6. The van der Waals surface area contributed by atoms with Crippen molar-refractivity contribution in [2.24, 2.45) is 27.1 Å². The van der Waals surface area contributed by atoms with E-state index >= 15 is 0 Å². The first kappa shape index (κ1) is 88.6. The third kappa shape index (κ3) is 16.4. The van der Waals surface area contributed by atoms with Crippen molar-refractivity contribution in [2.45, 2.75) is 6.18 Å². The van der Waals surface area contributed by atoms with Gasteiger partial charge in [-0.05, 0) is 60.8 Å². The fourth-order valence-electron chi connectivity index (χ4n) is 14.5. The Hall–Kier alpha value is -8.22. The van der Waals surface area contributed by atoms with Gasteiger partial charge in [-0.25, -0.2) is 40.0 Å². The summed E-state index contributed by atoms with van der Waals surface area (Å²) in [6.45, 7) is 8.76. The largest absolute Gasteiger partial charge is 0.544 e. The van der Waals surface area contributed by atoms with Crippen LogP contribution in [0.2, 0.25) is 0 Å². The number of fused-ring (bicyclic) bond motifs is 36. The van der Waals surface area contributed by atoms with Gasteiger partial charge in [0.1, 0.15) is 58.2 Å². The Kier molecular flexibility index (Phi) is 28.0. The van der Waals surface area contributed by atoms with Gasteiger partial charge in [-0.2, -0.15) is 248 Å². The molecule has 32 heteroatoms. The summed E-state index contributed by atoms with van der Waals surface area (Å²) in [7, 11) is 1.69. The molecular weight excluding hydrogens is 2690 g/mol. The molecule has 0 aliphatic carbocycles. The van der Waals surface area contributed by atoms with Crippen molar-refractivity contribution in [3.05, 3.63) is 359 Å². The van der Waals surface area contributed by atoms with Crippen LogP contribution in [-0.4, -0.2) is 42.1 Å². The molecule has 0 bridgehead atoms. The third-order valence-electron chi connectivity index (χ3n) is 19.4. The van der Waals surface area contributed by atoms with E-state index in [2.05, 4.69) is 116 Å². The van der Waals surface area contributed by atoms with Crippen molar-refractivity contribution in [3.63, 3.8) is 0 Å². The second kappa shape index (κ2) is 37.6. The van der Waals surface area contributed by atoms with Gasteiger partial charge in [-0.1, -0.05) is 117 Å². The van der Waals surface area contributed by atoms with E-state index in [1.807, 2.05) is 135 Å². The second-order valence-corrected chi connectivity index (χ2v) is 28.6. The fourth-order valence-corrected chi connectivity index (χ4v) is 17.6. The summed E-state index contributed by atoms with van der Waals surface area (Å²) in [5.74, 6) is 13.5. The van der Waals surface area contributed by atoms with Gasteiger partial charge in [-0.3, -0.25) is 0 Å². The van der Waals surface area contributed by atoms with Crippen LogP contribution in [-0.2, 0) is 132 Å². The van der Waals surface area contributed by atoms with Crippen LogP contribution >= 0.6 is 59.7 Å². The summed E-state index contributed by atoms with van der Waals surface area (Å²) in [4.78, 5) is 20.2. The molecule has 12 aromatic carbocycles. The van der Waals surface area contributed by atoms with Gasteiger partial charge >= 0.3 is 6.18 Å². The van der Waals surface area contributed by atoms with E-state index in [1.165, 1.54) is 89.6 Å². The first-order valence-corrected chi connectivity index (χ1v) is 38.6. The zero-order valence-corrected chi connectivity index (χ0v) is 78.6. The fraction of sp³-hybridized carbons (Fsp3) is 0.0230. The van der Waals surface area contributed by atoms with Gasteiger partial charge in [0, 0.05) is 160 Å². The molecule has 0 spiro atoms. The summed E-state index contributed by atoms with van der Waals surface area (Å²) in [5.41, 5.74) is 22.3.